The van der Waals surface area contributed by atoms with E-state index in [1.54, 1.807) is 17.2 Å². The zero-order valence-electron chi connectivity index (χ0n) is 15.4. The molecule has 2 fully saturated rings. The van der Waals surface area contributed by atoms with Gasteiger partial charge in [-0.3, -0.25) is 9.59 Å². The maximum atomic E-state index is 12.6. The molecule has 1 aromatic heterocycles. The summed E-state index contributed by atoms with van der Waals surface area (Å²) in [5, 5.41) is 2.95. The molecule has 1 atom stereocenters. The SMILES string of the molecule is O=C(Nc1ccc(N2CCCCC2)cc1)[C@@H]1CC(=O)N(Cc2ccco2)C1. The van der Waals surface area contributed by atoms with Crippen LogP contribution >= 0.6 is 0 Å². The maximum absolute atomic E-state index is 12.6. The number of anilines is 2. The number of nitrogens with zero attached hydrogens (tertiary/aromatic N) is 2. The number of benzene rings is 1. The molecule has 0 aliphatic carbocycles. The molecule has 0 bridgehead atoms. The lowest BCUT2D eigenvalue weighted by molar-refractivity contribution is -0.128. The van der Waals surface area contributed by atoms with E-state index in [1.165, 1.54) is 24.9 Å². The second-order valence-corrected chi connectivity index (χ2v) is 7.34. The Balaban J connectivity index is 1.33. The van der Waals surface area contributed by atoms with Crippen molar-refractivity contribution in [3.05, 3.63) is 48.4 Å². The second kappa shape index (κ2) is 7.86. The number of hydrogen-bond acceptors (Lipinski definition) is 4. The zero-order valence-corrected chi connectivity index (χ0v) is 15.4. The van der Waals surface area contributed by atoms with Crippen molar-refractivity contribution in [2.24, 2.45) is 5.92 Å². The first kappa shape index (κ1) is 17.6. The standard InChI is InChI=1S/C21H25N3O3/c25-20-13-16(14-24(20)15-19-5-4-12-27-19)21(26)22-17-6-8-18(9-7-17)23-10-2-1-3-11-23/h4-9,12,16H,1-3,10-11,13-15H2,(H,22,26)/t16-/m1/s1. The molecule has 2 saturated heterocycles. The number of furan rings is 1. The van der Waals surface area contributed by atoms with Gasteiger partial charge in [0.15, 0.2) is 0 Å². The summed E-state index contributed by atoms with van der Waals surface area (Å²) in [5.74, 6) is 0.301. The minimum absolute atomic E-state index is 0.00741. The Morgan fingerprint density at radius 1 is 1.11 bits per heavy atom. The van der Waals surface area contributed by atoms with Crippen LogP contribution in [0.5, 0.6) is 0 Å². The Morgan fingerprint density at radius 2 is 1.89 bits per heavy atom. The van der Waals surface area contributed by atoms with Crippen LogP contribution in [0.15, 0.2) is 47.1 Å². The molecule has 0 unspecified atom stereocenters. The normalized spacial score (nSPS) is 20.1. The summed E-state index contributed by atoms with van der Waals surface area (Å²) in [7, 11) is 0. The van der Waals surface area contributed by atoms with E-state index in [9.17, 15) is 9.59 Å². The van der Waals surface area contributed by atoms with Gasteiger partial charge in [-0.2, -0.15) is 0 Å². The van der Waals surface area contributed by atoms with E-state index in [2.05, 4.69) is 22.3 Å². The molecule has 142 valence electrons. The summed E-state index contributed by atoms with van der Waals surface area (Å²) in [5.41, 5.74) is 1.98. The van der Waals surface area contributed by atoms with Gasteiger partial charge in [0.05, 0.1) is 18.7 Å². The highest BCUT2D eigenvalue weighted by Crippen LogP contribution is 2.24. The van der Waals surface area contributed by atoms with Gasteiger partial charge in [-0.05, 0) is 55.7 Å². The summed E-state index contributed by atoms with van der Waals surface area (Å²) < 4.78 is 5.30. The first-order valence-corrected chi connectivity index (χ1v) is 9.65. The van der Waals surface area contributed by atoms with E-state index >= 15 is 0 Å². The number of nitrogens with one attached hydrogen (secondary N) is 1. The van der Waals surface area contributed by atoms with Crippen LogP contribution in [0.1, 0.15) is 31.4 Å². The fraction of sp³-hybridized carbons (Fsp3) is 0.429. The van der Waals surface area contributed by atoms with Crippen LogP contribution < -0.4 is 10.2 Å². The molecular weight excluding hydrogens is 342 g/mol. The first-order valence-electron chi connectivity index (χ1n) is 9.65. The van der Waals surface area contributed by atoms with Crippen molar-refractivity contribution < 1.29 is 14.0 Å². The van der Waals surface area contributed by atoms with Gasteiger partial charge in [0.2, 0.25) is 11.8 Å². The summed E-state index contributed by atoms with van der Waals surface area (Å²) in [6.07, 6.45) is 5.62. The van der Waals surface area contributed by atoms with Gasteiger partial charge in [-0.15, -0.1) is 0 Å². The highest BCUT2D eigenvalue weighted by atomic mass is 16.3. The van der Waals surface area contributed by atoms with Gasteiger partial charge in [0.25, 0.3) is 0 Å². The number of carbonyl (C=O) groups excluding carboxylic acids is 2. The van der Waals surface area contributed by atoms with Crippen LogP contribution in [-0.2, 0) is 16.1 Å². The molecule has 2 aromatic rings. The molecule has 2 aliphatic rings. The van der Waals surface area contributed by atoms with Crippen LogP contribution in [-0.4, -0.2) is 36.3 Å². The highest BCUT2D eigenvalue weighted by molar-refractivity contribution is 5.97. The molecule has 2 amide bonds. The molecule has 27 heavy (non-hydrogen) atoms. The van der Waals surface area contributed by atoms with E-state index in [4.69, 9.17) is 4.42 Å². The predicted octanol–water partition coefficient (Wildman–Crippen LogP) is 3.26. The van der Waals surface area contributed by atoms with Crippen molar-refractivity contribution in [2.45, 2.75) is 32.2 Å². The molecule has 3 heterocycles. The van der Waals surface area contributed by atoms with Gasteiger partial charge >= 0.3 is 0 Å². The third kappa shape index (κ3) is 4.15. The Labute approximate surface area is 159 Å². The van der Waals surface area contributed by atoms with Gasteiger partial charge in [-0.25, -0.2) is 0 Å². The average Bonchev–Trinajstić information content (AvgIpc) is 3.34. The number of piperidine rings is 1. The monoisotopic (exact) mass is 367 g/mol. The van der Waals surface area contributed by atoms with Crippen molar-refractivity contribution in [1.29, 1.82) is 0 Å². The van der Waals surface area contributed by atoms with Crippen LogP contribution in [0.3, 0.4) is 0 Å². The minimum atomic E-state index is -0.325. The Kier molecular flexibility index (Phi) is 5.14. The lowest BCUT2D eigenvalue weighted by atomic mass is 10.1. The maximum Gasteiger partial charge on any atom is 0.229 e. The van der Waals surface area contributed by atoms with Gasteiger partial charge < -0.3 is 19.5 Å². The third-order valence-corrected chi connectivity index (χ3v) is 5.37. The van der Waals surface area contributed by atoms with E-state index in [1.807, 2.05) is 18.2 Å². The topological polar surface area (TPSA) is 65.8 Å². The lowest BCUT2D eigenvalue weighted by Gasteiger charge is -2.28. The van der Waals surface area contributed by atoms with Crippen molar-refractivity contribution in [3.63, 3.8) is 0 Å². The molecule has 1 N–H and O–H groups in total. The molecule has 4 rings (SSSR count). The van der Waals surface area contributed by atoms with Crippen LogP contribution in [0.25, 0.3) is 0 Å². The summed E-state index contributed by atoms with van der Waals surface area (Å²) in [4.78, 5) is 28.8. The molecule has 2 aliphatic heterocycles. The summed E-state index contributed by atoms with van der Waals surface area (Å²) in [6, 6.07) is 11.6. The lowest BCUT2D eigenvalue weighted by Crippen LogP contribution is -2.29. The van der Waals surface area contributed by atoms with Crippen molar-refractivity contribution in [2.75, 3.05) is 29.9 Å². The molecule has 6 heteroatoms. The molecule has 6 nitrogen and oxygen atoms in total. The van der Waals surface area contributed by atoms with E-state index in [0.29, 0.717) is 13.1 Å². The Morgan fingerprint density at radius 3 is 2.59 bits per heavy atom. The number of amides is 2. The highest BCUT2D eigenvalue weighted by Gasteiger charge is 2.34. The van der Waals surface area contributed by atoms with Crippen molar-refractivity contribution in [3.8, 4) is 0 Å². The summed E-state index contributed by atoms with van der Waals surface area (Å²) in [6.45, 7) is 3.04. The third-order valence-electron chi connectivity index (χ3n) is 5.37. The zero-order chi connectivity index (χ0) is 18.6. The van der Waals surface area contributed by atoms with E-state index in [-0.39, 0.29) is 24.2 Å². The molecule has 1 aromatic carbocycles. The van der Waals surface area contributed by atoms with Crippen LogP contribution in [0.4, 0.5) is 11.4 Å². The quantitative estimate of drug-likeness (QED) is 0.881. The van der Waals surface area contributed by atoms with Gasteiger partial charge in [0.1, 0.15) is 5.76 Å². The fourth-order valence-corrected chi connectivity index (χ4v) is 3.84. The van der Waals surface area contributed by atoms with Crippen molar-refractivity contribution >= 4 is 23.2 Å². The number of hydrogen-bond donors (Lipinski definition) is 1. The van der Waals surface area contributed by atoms with E-state index < -0.39 is 0 Å². The van der Waals surface area contributed by atoms with Gasteiger partial charge in [0, 0.05) is 37.4 Å². The summed E-state index contributed by atoms with van der Waals surface area (Å²) >= 11 is 0. The molecular formula is C21H25N3O3. The van der Waals surface area contributed by atoms with Gasteiger partial charge in [-0.1, -0.05) is 0 Å². The predicted molar refractivity (Wildman–Crippen MR) is 103 cm³/mol. The first-order chi connectivity index (χ1) is 13.2. The number of carbonyl (C=O) groups is 2. The Hall–Kier alpha value is -2.76. The van der Waals surface area contributed by atoms with Crippen LogP contribution in [0, 0.1) is 5.92 Å². The fourth-order valence-electron chi connectivity index (χ4n) is 3.84. The van der Waals surface area contributed by atoms with Crippen molar-refractivity contribution in [1.82, 2.24) is 4.90 Å². The second-order valence-electron chi connectivity index (χ2n) is 7.34. The molecule has 0 saturated carbocycles. The molecule has 0 spiro atoms. The molecule has 0 radical (unpaired) electrons. The smallest absolute Gasteiger partial charge is 0.229 e. The number of likely N-dealkylation sites (tertiary alicyclic amines) is 1. The van der Waals surface area contributed by atoms with E-state index in [0.717, 1.165) is 24.5 Å². The Bertz CT molecular complexity index is 780. The average molecular weight is 367 g/mol. The number of rotatable bonds is 5. The largest absolute Gasteiger partial charge is 0.467 e. The minimum Gasteiger partial charge on any atom is -0.467 e. The van der Waals surface area contributed by atoms with Crippen LogP contribution in [0.2, 0.25) is 0 Å².